The molecule has 0 spiro atoms. The summed E-state index contributed by atoms with van der Waals surface area (Å²) in [5.41, 5.74) is 0.831. The van der Waals surface area contributed by atoms with Crippen molar-refractivity contribution >= 4 is 58.1 Å². The Labute approximate surface area is 157 Å². The molecule has 8 nitrogen and oxygen atoms in total. The Kier molecular flexibility index (Phi) is 6.11. The van der Waals surface area contributed by atoms with Crippen molar-refractivity contribution < 1.29 is 29.4 Å². The van der Waals surface area contributed by atoms with Crippen LogP contribution in [-0.2, 0) is 14.4 Å². The van der Waals surface area contributed by atoms with E-state index in [1.165, 1.54) is 28.8 Å². The zero-order valence-corrected chi connectivity index (χ0v) is 15.1. The van der Waals surface area contributed by atoms with Gasteiger partial charge in [-0.3, -0.25) is 19.3 Å². The van der Waals surface area contributed by atoms with Crippen LogP contribution < -0.4 is 5.32 Å². The lowest BCUT2D eigenvalue weighted by Gasteiger charge is -2.12. The fraction of sp³-hybridized carbons (Fsp3) is 0.188. The first-order chi connectivity index (χ1) is 12.2. The summed E-state index contributed by atoms with van der Waals surface area (Å²) in [4.78, 5) is 47.5. The number of likely N-dealkylation sites (N-methyl/N-ethyl adjacent to an activating group) is 1. The van der Waals surface area contributed by atoms with E-state index in [0.717, 1.165) is 0 Å². The quantitative estimate of drug-likeness (QED) is 0.485. The molecule has 1 unspecified atom stereocenters. The minimum Gasteiger partial charge on any atom is -0.481 e. The van der Waals surface area contributed by atoms with E-state index in [0.29, 0.717) is 14.8 Å². The topological polar surface area (TPSA) is 124 Å². The fourth-order valence-corrected chi connectivity index (χ4v) is 3.22. The van der Waals surface area contributed by atoms with Gasteiger partial charge in [0.15, 0.2) is 0 Å². The molecule has 1 heterocycles. The van der Waals surface area contributed by atoms with Crippen LogP contribution in [0.5, 0.6) is 0 Å². The predicted molar refractivity (Wildman–Crippen MR) is 98.5 cm³/mol. The average molecular weight is 394 g/mol. The summed E-state index contributed by atoms with van der Waals surface area (Å²) < 4.78 is 0.454. The van der Waals surface area contributed by atoms with Gasteiger partial charge in [0.25, 0.3) is 11.8 Å². The third kappa shape index (κ3) is 4.67. The van der Waals surface area contributed by atoms with Crippen LogP contribution in [0.3, 0.4) is 0 Å². The third-order valence-electron chi connectivity index (χ3n) is 3.44. The molecular weight excluding hydrogens is 380 g/mol. The molecule has 1 aromatic carbocycles. The van der Waals surface area contributed by atoms with Gasteiger partial charge in [-0.05, 0) is 23.8 Å². The maximum Gasteiger partial charge on any atom is 0.326 e. The summed E-state index contributed by atoms with van der Waals surface area (Å²) in [6.45, 7) is 0. The number of benzene rings is 1. The van der Waals surface area contributed by atoms with Gasteiger partial charge in [0.05, 0.1) is 11.3 Å². The SMILES string of the molecule is CN1C(=O)C(=Cc2ccc(C(=O)NC(CC(=O)O)C(=O)O)cc2)SC1=S. The Morgan fingerprint density at radius 3 is 2.35 bits per heavy atom. The summed E-state index contributed by atoms with van der Waals surface area (Å²) >= 11 is 6.22. The second-order valence-electron chi connectivity index (χ2n) is 5.32. The highest BCUT2D eigenvalue weighted by Gasteiger charge is 2.28. The molecule has 10 heteroatoms. The second-order valence-corrected chi connectivity index (χ2v) is 7.00. The number of thioether (sulfide) groups is 1. The largest absolute Gasteiger partial charge is 0.481 e. The van der Waals surface area contributed by atoms with Crippen LogP contribution in [0.4, 0.5) is 0 Å². The second kappa shape index (κ2) is 8.11. The molecule has 1 saturated heterocycles. The van der Waals surface area contributed by atoms with E-state index in [1.807, 2.05) is 0 Å². The predicted octanol–water partition coefficient (Wildman–Crippen LogP) is 1.18. The molecule has 1 aromatic rings. The van der Waals surface area contributed by atoms with E-state index >= 15 is 0 Å². The van der Waals surface area contributed by atoms with Gasteiger partial charge >= 0.3 is 11.9 Å². The van der Waals surface area contributed by atoms with Crippen molar-refractivity contribution in [3.8, 4) is 0 Å². The molecule has 1 atom stereocenters. The molecule has 136 valence electrons. The Morgan fingerprint density at radius 2 is 1.88 bits per heavy atom. The molecule has 26 heavy (non-hydrogen) atoms. The van der Waals surface area contributed by atoms with Crippen molar-refractivity contribution in [3.05, 3.63) is 40.3 Å². The molecule has 2 rings (SSSR count). The highest BCUT2D eigenvalue weighted by molar-refractivity contribution is 8.26. The summed E-state index contributed by atoms with van der Waals surface area (Å²) in [5.74, 6) is -3.68. The monoisotopic (exact) mass is 394 g/mol. The van der Waals surface area contributed by atoms with Gasteiger partial charge in [-0.2, -0.15) is 0 Å². The lowest BCUT2D eigenvalue weighted by Crippen LogP contribution is -2.42. The molecule has 0 saturated carbocycles. The number of thiocarbonyl (C=S) groups is 1. The molecule has 2 amide bonds. The zero-order valence-electron chi connectivity index (χ0n) is 13.5. The lowest BCUT2D eigenvalue weighted by atomic mass is 10.1. The lowest BCUT2D eigenvalue weighted by molar-refractivity contribution is -0.145. The maximum absolute atomic E-state index is 12.1. The van der Waals surface area contributed by atoms with Crippen molar-refractivity contribution in [2.75, 3.05) is 7.05 Å². The number of carbonyl (C=O) groups is 4. The zero-order chi connectivity index (χ0) is 19.4. The van der Waals surface area contributed by atoms with Crippen LogP contribution in [0.15, 0.2) is 29.2 Å². The number of hydrogen-bond donors (Lipinski definition) is 3. The molecule has 3 N–H and O–H groups in total. The fourth-order valence-electron chi connectivity index (χ4n) is 2.04. The van der Waals surface area contributed by atoms with E-state index in [-0.39, 0.29) is 11.5 Å². The minimum atomic E-state index is -1.52. The standard InChI is InChI=1S/C16H14N2O6S2/c1-18-14(22)11(26-16(18)25)6-8-2-4-9(5-3-8)13(21)17-10(15(23)24)7-12(19)20/h2-6,10H,7H2,1H3,(H,17,21)(H,19,20)(H,23,24). The van der Waals surface area contributed by atoms with E-state index < -0.39 is 30.3 Å². The summed E-state index contributed by atoms with van der Waals surface area (Å²) in [7, 11) is 1.59. The normalized spacial score (nSPS) is 16.7. The minimum absolute atomic E-state index is 0.168. The van der Waals surface area contributed by atoms with Gasteiger partial charge in [0, 0.05) is 12.6 Å². The maximum atomic E-state index is 12.1. The van der Waals surface area contributed by atoms with Gasteiger partial charge < -0.3 is 15.5 Å². The van der Waals surface area contributed by atoms with Crippen LogP contribution in [0, 0.1) is 0 Å². The Bertz CT molecular complexity index is 819. The van der Waals surface area contributed by atoms with Crippen LogP contribution in [0.25, 0.3) is 6.08 Å². The number of carboxylic acids is 2. The molecule has 1 aliphatic heterocycles. The Hall–Kier alpha value is -2.72. The van der Waals surface area contributed by atoms with Crippen LogP contribution >= 0.6 is 24.0 Å². The van der Waals surface area contributed by atoms with Gasteiger partial charge in [0.1, 0.15) is 10.4 Å². The van der Waals surface area contributed by atoms with E-state index in [4.69, 9.17) is 22.4 Å². The van der Waals surface area contributed by atoms with E-state index in [2.05, 4.69) is 5.32 Å². The summed E-state index contributed by atoms with van der Waals surface area (Å²) in [6.07, 6.45) is 0.910. The van der Waals surface area contributed by atoms with Crippen molar-refractivity contribution in [3.63, 3.8) is 0 Å². The van der Waals surface area contributed by atoms with Crippen molar-refractivity contribution in [2.24, 2.45) is 0 Å². The average Bonchev–Trinajstić information content (AvgIpc) is 2.81. The molecular formula is C16H14N2O6S2. The van der Waals surface area contributed by atoms with Crippen molar-refractivity contribution in [1.82, 2.24) is 10.2 Å². The smallest absolute Gasteiger partial charge is 0.326 e. The number of aliphatic carboxylic acids is 2. The molecule has 0 aromatic heterocycles. The molecule has 0 aliphatic carbocycles. The number of amides is 2. The Balaban J connectivity index is 2.10. The number of hydrogen-bond acceptors (Lipinski definition) is 6. The number of nitrogens with one attached hydrogen (secondary N) is 1. The van der Waals surface area contributed by atoms with Gasteiger partial charge in [-0.1, -0.05) is 36.1 Å². The number of nitrogens with zero attached hydrogens (tertiary/aromatic N) is 1. The van der Waals surface area contributed by atoms with Gasteiger partial charge in [-0.25, -0.2) is 4.79 Å². The molecule has 0 radical (unpaired) electrons. The van der Waals surface area contributed by atoms with Crippen LogP contribution in [0.1, 0.15) is 22.3 Å². The Morgan fingerprint density at radius 1 is 1.27 bits per heavy atom. The van der Waals surface area contributed by atoms with Crippen LogP contribution in [-0.4, -0.2) is 56.3 Å². The van der Waals surface area contributed by atoms with Crippen LogP contribution in [0.2, 0.25) is 0 Å². The number of rotatable bonds is 6. The first-order valence-corrected chi connectivity index (χ1v) is 8.48. The number of carbonyl (C=O) groups excluding carboxylic acids is 2. The van der Waals surface area contributed by atoms with E-state index in [1.54, 1.807) is 25.3 Å². The molecule has 0 bridgehead atoms. The molecule has 1 fully saturated rings. The molecule has 1 aliphatic rings. The van der Waals surface area contributed by atoms with Gasteiger partial charge in [0.2, 0.25) is 0 Å². The first kappa shape index (κ1) is 19.6. The number of carboxylic acid groups (broad SMARTS) is 2. The first-order valence-electron chi connectivity index (χ1n) is 7.26. The van der Waals surface area contributed by atoms with Crippen molar-refractivity contribution in [2.45, 2.75) is 12.5 Å². The van der Waals surface area contributed by atoms with E-state index in [9.17, 15) is 19.2 Å². The summed E-state index contributed by atoms with van der Waals surface area (Å²) in [6, 6.07) is 4.56. The third-order valence-corrected chi connectivity index (χ3v) is 4.92. The summed E-state index contributed by atoms with van der Waals surface area (Å²) in [5, 5.41) is 19.8. The van der Waals surface area contributed by atoms with Crippen molar-refractivity contribution in [1.29, 1.82) is 0 Å². The van der Waals surface area contributed by atoms with Gasteiger partial charge in [-0.15, -0.1) is 0 Å². The highest BCUT2D eigenvalue weighted by Crippen LogP contribution is 2.31. The highest BCUT2D eigenvalue weighted by atomic mass is 32.2.